The number of rotatable bonds is 4. The van der Waals surface area contributed by atoms with Gasteiger partial charge in [-0.1, -0.05) is 23.7 Å². The lowest BCUT2D eigenvalue weighted by Gasteiger charge is -2.11. The summed E-state index contributed by atoms with van der Waals surface area (Å²) in [6, 6.07) is 11.1. The molecule has 0 heterocycles. The average Bonchev–Trinajstić information content (AvgIpc) is 2.45. The van der Waals surface area contributed by atoms with Gasteiger partial charge in [0.1, 0.15) is 5.82 Å². The first-order chi connectivity index (χ1) is 9.60. The van der Waals surface area contributed by atoms with E-state index in [4.69, 9.17) is 16.3 Å². The van der Waals surface area contributed by atoms with Gasteiger partial charge >= 0.3 is 5.97 Å². The fourth-order valence-electron chi connectivity index (χ4n) is 1.79. The highest BCUT2D eigenvalue weighted by Crippen LogP contribution is 2.22. The van der Waals surface area contributed by atoms with Gasteiger partial charge < -0.3 is 10.1 Å². The van der Waals surface area contributed by atoms with Crippen molar-refractivity contribution >= 4 is 23.3 Å². The summed E-state index contributed by atoms with van der Waals surface area (Å²) in [5.41, 5.74) is 1.71. The van der Waals surface area contributed by atoms with Crippen LogP contribution in [0.4, 0.5) is 10.1 Å². The van der Waals surface area contributed by atoms with E-state index in [2.05, 4.69) is 5.32 Å². The van der Waals surface area contributed by atoms with Crippen molar-refractivity contribution in [1.82, 2.24) is 0 Å². The van der Waals surface area contributed by atoms with E-state index in [1.54, 1.807) is 24.3 Å². The van der Waals surface area contributed by atoms with Gasteiger partial charge in [-0.05, 0) is 35.9 Å². The van der Waals surface area contributed by atoms with E-state index < -0.39 is 5.97 Å². The van der Waals surface area contributed by atoms with Crippen molar-refractivity contribution in [1.29, 1.82) is 0 Å². The standard InChI is InChI=1S/C15H13ClFNO2/c1-20-15(19)13-8-11(16)5-6-14(13)18-9-10-3-2-4-12(17)7-10/h2-8,18H,9H2,1H3. The van der Waals surface area contributed by atoms with Crippen LogP contribution < -0.4 is 5.32 Å². The Morgan fingerprint density at radius 1 is 1.30 bits per heavy atom. The minimum atomic E-state index is -0.478. The molecular weight excluding hydrogens is 281 g/mol. The second-order valence-electron chi connectivity index (χ2n) is 4.16. The number of ether oxygens (including phenoxy) is 1. The van der Waals surface area contributed by atoms with Gasteiger partial charge in [-0.2, -0.15) is 0 Å². The Bertz CT molecular complexity index is 631. The maximum atomic E-state index is 13.1. The summed E-state index contributed by atoms with van der Waals surface area (Å²) in [5.74, 6) is -0.775. The Labute approximate surface area is 121 Å². The minimum Gasteiger partial charge on any atom is -0.465 e. The summed E-state index contributed by atoms with van der Waals surface area (Å²) in [6.45, 7) is 0.392. The van der Waals surface area contributed by atoms with Crippen molar-refractivity contribution in [3.63, 3.8) is 0 Å². The fraction of sp³-hybridized carbons (Fsp3) is 0.133. The van der Waals surface area contributed by atoms with Crippen molar-refractivity contribution in [2.24, 2.45) is 0 Å². The monoisotopic (exact) mass is 293 g/mol. The molecule has 20 heavy (non-hydrogen) atoms. The number of hydrogen-bond acceptors (Lipinski definition) is 3. The summed E-state index contributed by atoms with van der Waals surface area (Å²) >= 11 is 5.87. The van der Waals surface area contributed by atoms with E-state index in [0.29, 0.717) is 22.8 Å². The molecule has 0 spiro atoms. The molecule has 0 atom stereocenters. The van der Waals surface area contributed by atoms with Crippen LogP contribution in [0, 0.1) is 5.82 Å². The Morgan fingerprint density at radius 3 is 2.80 bits per heavy atom. The lowest BCUT2D eigenvalue weighted by Crippen LogP contribution is -2.08. The second kappa shape index (κ2) is 6.39. The number of hydrogen-bond donors (Lipinski definition) is 1. The molecule has 0 amide bonds. The maximum Gasteiger partial charge on any atom is 0.340 e. The molecule has 0 saturated heterocycles. The van der Waals surface area contributed by atoms with Crippen LogP contribution >= 0.6 is 11.6 Å². The molecule has 5 heteroatoms. The van der Waals surface area contributed by atoms with Gasteiger partial charge in [0, 0.05) is 17.3 Å². The molecule has 0 aromatic heterocycles. The molecule has 2 aromatic carbocycles. The largest absolute Gasteiger partial charge is 0.465 e. The van der Waals surface area contributed by atoms with E-state index in [1.807, 2.05) is 0 Å². The van der Waals surface area contributed by atoms with Gasteiger partial charge in [-0.3, -0.25) is 0 Å². The molecule has 0 fully saturated rings. The Kier molecular flexibility index (Phi) is 4.58. The molecular formula is C15H13ClFNO2. The van der Waals surface area contributed by atoms with E-state index in [1.165, 1.54) is 25.3 Å². The molecule has 0 saturated carbocycles. The van der Waals surface area contributed by atoms with Crippen LogP contribution in [0.25, 0.3) is 0 Å². The summed E-state index contributed by atoms with van der Waals surface area (Å²) in [4.78, 5) is 11.7. The Hall–Kier alpha value is -2.07. The first-order valence-corrected chi connectivity index (χ1v) is 6.34. The quantitative estimate of drug-likeness (QED) is 0.870. The van der Waals surface area contributed by atoms with E-state index in [9.17, 15) is 9.18 Å². The van der Waals surface area contributed by atoms with Crippen LogP contribution in [0.2, 0.25) is 5.02 Å². The van der Waals surface area contributed by atoms with Crippen LogP contribution in [0.1, 0.15) is 15.9 Å². The average molecular weight is 294 g/mol. The minimum absolute atomic E-state index is 0.298. The molecule has 0 bridgehead atoms. The van der Waals surface area contributed by atoms with Crippen molar-refractivity contribution in [3.05, 3.63) is 64.4 Å². The van der Waals surface area contributed by atoms with Crippen LogP contribution in [-0.4, -0.2) is 13.1 Å². The number of carbonyl (C=O) groups excluding carboxylic acids is 1. The summed E-state index contributed by atoms with van der Waals surface area (Å²) in [5, 5.41) is 3.52. The maximum absolute atomic E-state index is 13.1. The lowest BCUT2D eigenvalue weighted by molar-refractivity contribution is 0.0602. The van der Waals surface area contributed by atoms with Crippen molar-refractivity contribution < 1.29 is 13.9 Å². The number of benzene rings is 2. The van der Waals surface area contributed by atoms with Crippen molar-refractivity contribution in [2.75, 3.05) is 12.4 Å². The predicted molar refractivity (Wildman–Crippen MR) is 76.5 cm³/mol. The van der Waals surface area contributed by atoms with Crippen LogP contribution in [0.5, 0.6) is 0 Å². The lowest BCUT2D eigenvalue weighted by atomic mass is 10.1. The third-order valence-electron chi connectivity index (χ3n) is 2.76. The molecule has 0 aliphatic rings. The zero-order valence-electron chi connectivity index (χ0n) is 10.8. The topological polar surface area (TPSA) is 38.3 Å². The summed E-state index contributed by atoms with van der Waals surface area (Å²) in [7, 11) is 1.31. The van der Waals surface area contributed by atoms with Crippen LogP contribution in [0.3, 0.4) is 0 Å². The molecule has 1 N–H and O–H groups in total. The van der Waals surface area contributed by atoms with Gasteiger partial charge in [0.05, 0.1) is 12.7 Å². The van der Waals surface area contributed by atoms with Gasteiger partial charge in [0.2, 0.25) is 0 Å². The number of halogens is 2. The molecule has 0 unspecified atom stereocenters. The number of methoxy groups -OCH3 is 1. The number of esters is 1. The molecule has 0 radical (unpaired) electrons. The summed E-state index contributed by atoms with van der Waals surface area (Å²) < 4.78 is 17.8. The fourth-order valence-corrected chi connectivity index (χ4v) is 1.97. The highest BCUT2D eigenvalue weighted by molar-refractivity contribution is 6.31. The van der Waals surface area contributed by atoms with Crippen molar-refractivity contribution in [2.45, 2.75) is 6.54 Å². The van der Waals surface area contributed by atoms with Gasteiger partial charge in [-0.25, -0.2) is 9.18 Å². The number of nitrogens with one attached hydrogen (secondary N) is 1. The number of carbonyl (C=O) groups is 1. The Balaban J connectivity index is 2.19. The SMILES string of the molecule is COC(=O)c1cc(Cl)ccc1NCc1cccc(F)c1. The van der Waals surface area contributed by atoms with E-state index in [-0.39, 0.29) is 5.82 Å². The van der Waals surface area contributed by atoms with Crippen LogP contribution in [-0.2, 0) is 11.3 Å². The predicted octanol–water partition coefficient (Wildman–Crippen LogP) is 3.88. The Morgan fingerprint density at radius 2 is 2.10 bits per heavy atom. The molecule has 0 aliphatic carbocycles. The van der Waals surface area contributed by atoms with E-state index in [0.717, 1.165) is 5.56 Å². The highest BCUT2D eigenvalue weighted by atomic mass is 35.5. The normalized spacial score (nSPS) is 10.2. The first-order valence-electron chi connectivity index (χ1n) is 5.96. The summed E-state index contributed by atoms with van der Waals surface area (Å²) in [6.07, 6.45) is 0. The highest BCUT2D eigenvalue weighted by Gasteiger charge is 2.12. The number of anilines is 1. The molecule has 2 rings (SSSR count). The van der Waals surface area contributed by atoms with Gasteiger partial charge in [0.15, 0.2) is 0 Å². The molecule has 0 aliphatic heterocycles. The smallest absolute Gasteiger partial charge is 0.340 e. The zero-order chi connectivity index (χ0) is 14.5. The second-order valence-corrected chi connectivity index (χ2v) is 4.60. The van der Waals surface area contributed by atoms with Crippen molar-refractivity contribution in [3.8, 4) is 0 Å². The van der Waals surface area contributed by atoms with Crippen LogP contribution in [0.15, 0.2) is 42.5 Å². The first kappa shape index (κ1) is 14.3. The molecule has 3 nitrogen and oxygen atoms in total. The third kappa shape index (κ3) is 3.48. The zero-order valence-corrected chi connectivity index (χ0v) is 11.6. The van der Waals surface area contributed by atoms with E-state index >= 15 is 0 Å². The van der Waals surface area contributed by atoms with Gasteiger partial charge in [0.25, 0.3) is 0 Å². The third-order valence-corrected chi connectivity index (χ3v) is 2.99. The molecule has 2 aromatic rings. The van der Waals surface area contributed by atoms with Gasteiger partial charge in [-0.15, -0.1) is 0 Å². The molecule has 104 valence electrons.